The molecule has 0 aromatic heterocycles. The second kappa shape index (κ2) is 5.29. The Labute approximate surface area is 109 Å². The summed E-state index contributed by atoms with van der Waals surface area (Å²) in [5, 5.41) is 12.7. The average molecular weight is 249 g/mol. The van der Waals surface area contributed by atoms with Crippen LogP contribution >= 0.6 is 0 Å². The molecule has 0 saturated heterocycles. The number of aryl methyl sites for hydroxylation is 2. The van der Waals surface area contributed by atoms with Crippen molar-refractivity contribution in [1.82, 2.24) is 5.32 Å². The van der Waals surface area contributed by atoms with E-state index in [1.807, 2.05) is 0 Å². The molecule has 3 heteroatoms. The maximum absolute atomic E-state index is 9.27. The minimum atomic E-state index is 0.160. The second-order valence-corrected chi connectivity index (χ2v) is 5.51. The van der Waals surface area contributed by atoms with E-state index in [4.69, 9.17) is 4.74 Å². The van der Waals surface area contributed by atoms with Crippen molar-refractivity contribution < 1.29 is 9.84 Å². The highest BCUT2D eigenvalue weighted by Crippen LogP contribution is 2.44. The number of rotatable bonds is 6. The van der Waals surface area contributed by atoms with Gasteiger partial charge < -0.3 is 15.2 Å². The third-order valence-corrected chi connectivity index (χ3v) is 4.00. The molecule has 1 fully saturated rings. The highest BCUT2D eigenvalue weighted by atomic mass is 16.5. The summed E-state index contributed by atoms with van der Waals surface area (Å²) in [7, 11) is 1.71. The molecule has 0 radical (unpaired) electrons. The fourth-order valence-electron chi connectivity index (χ4n) is 2.21. The van der Waals surface area contributed by atoms with Crippen LogP contribution in [0.4, 0.5) is 0 Å². The number of benzene rings is 1. The van der Waals surface area contributed by atoms with Gasteiger partial charge in [0.15, 0.2) is 0 Å². The first-order valence-corrected chi connectivity index (χ1v) is 6.56. The molecular weight excluding hydrogens is 226 g/mol. The van der Waals surface area contributed by atoms with Gasteiger partial charge in [-0.1, -0.05) is 6.07 Å². The van der Waals surface area contributed by atoms with Crippen LogP contribution in [0.3, 0.4) is 0 Å². The molecule has 1 aromatic carbocycles. The van der Waals surface area contributed by atoms with E-state index in [1.54, 1.807) is 7.11 Å². The first-order valence-electron chi connectivity index (χ1n) is 6.56. The number of ether oxygens (including phenoxy) is 1. The van der Waals surface area contributed by atoms with Gasteiger partial charge in [0.2, 0.25) is 0 Å². The molecule has 0 atom stereocenters. The number of aliphatic hydroxyl groups excluding tert-OH is 1. The second-order valence-electron chi connectivity index (χ2n) is 5.51. The van der Waals surface area contributed by atoms with Gasteiger partial charge in [-0.15, -0.1) is 0 Å². The molecule has 0 amide bonds. The van der Waals surface area contributed by atoms with Crippen molar-refractivity contribution in [2.75, 3.05) is 20.3 Å². The van der Waals surface area contributed by atoms with Gasteiger partial charge in [-0.3, -0.25) is 0 Å². The minimum absolute atomic E-state index is 0.160. The number of hydrogen-bond acceptors (Lipinski definition) is 3. The molecule has 100 valence electrons. The van der Waals surface area contributed by atoms with Crippen LogP contribution in [0.5, 0.6) is 5.75 Å². The van der Waals surface area contributed by atoms with Crippen molar-refractivity contribution >= 4 is 0 Å². The molecule has 1 saturated carbocycles. The molecule has 0 spiro atoms. The summed E-state index contributed by atoms with van der Waals surface area (Å²) in [5.41, 5.74) is 3.89. The predicted octanol–water partition coefficient (Wildman–Crippen LogP) is 2.17. The Morgan fingerprint density at radius 1 is 1.28 bits per heavy atom. The molecule has 1 aliphatic rings. The number of hydrogen-bond donors (Lipinski definition) is 2. The summed E-state index contributed by atoms with van der Waals surface area (Å²) in [6.45, 7) is 6.20. The van der Waals surface area contributed by atoms with Gasteiger partial charge >= 0.3 is 0 Å². The lowest BCUT2D eigenvalue weighted by atomic mass is 10.0. The molecule has 18 heavy (non-hydrogen) atoms. The first-order chi connectivity index (χ1) is 8.60. The van der Waals surface area contributed by atoms with Crippen LogP contribution in [-0.2, 0) is 6.54 Å². The average Bonchev–Trinajstić information content (AvgIpc) is 3.14. The van der Waals surface area contributed by atoms with Crippen molar-refractivity contribution in [3.63, 3.8) is 0 Å². The topological polar surface area (TPSA) is 41.5 Å². The van der Waals surface area contributed by atoms with Gasteiger partial charge in [0.25, 0.3) is 0 Å². The van der Waals surface area contributed by atoms with Gasteiger partial charge in [0.1, 0.15) is 5.75 Å². The number of aliphatic hydroxyl groups is 1. The zero-order chi connectivity index (χ0) is 13.2. The lowest BCUT2D eigenvalue weighted by Crippen LogP contribution is -2.26. The third-order valence-electron chi connectivity index (χ3n) is 4.00. The Morgan fingerprint density at radius 2 is 1.94 bits per heavy atom. The van der Waals surface area contributed by atoms with E-state index >= 15 is 0 Å². The quantitative estimate of drug-likeness (QED) is 0.812. The largest absolute Gasteiger partial charge is 0.496 e. The van der Waals surface area contributed by atoms with E-state index in [0.29, 0.717) is 6.61 Å². The molecule has 1 aromatic rings. The minimum Gasteiger partial charge on any atom is -0.496 e. The van der Waals surface area contributed by atoms with E-state index in [0.717, 1.165) is 31.7 Å². The highest BCUT2D eigenvalue weighted by Gasteiger charge is 2.41. The van der Waals surface area contributed by atoms with Gasteiger partial charge in [-0.25, -0.2) is 0 Å². The van der Waals surface area contributed by atoms with E-state index in [9.17, 15) is 5.11 Å². The van der Waals surface area contributed by atoms with Crippen molar-refractivity contribution in [2.45, 2.75) is 33.2 Å². The Morgan fingerprint density at radius 3 is 2.50 bits per heavy atom. The van der Waals surface area contributed by atoms with Crippen molar-refractivity contribution in [1.29, 1.82) is 0 Å². The number of methoxy groups -OCH3 is 1. The van der Waals surface area contributed by atoms with E-state index in [-0.39, 0.29) is 5.41 Å². The van der Waals surface area contributed by atoms with Crippen molar-refractivity contribution in [2.24, 2.45) is 5.41 Å². The van der Waals surface area contributed by atoms with Gasteiger partial charge in [0.05, 0.1) is 7.11 Å². The Kier molecular flexibility index (Phi) is 3.93. The van der Waals surface area contributed by atoms with Crippen LogP contribution in [0.25, 0.3) is 0 Å². The molecule has 0 aliphatic heterocycles. The number of nitrogens with one attached hydrogen (secondary N) is 1. The van der Waals surface area contributed by atoms with E-state index in [2.05, 4.69) is 31.3 Å². The van der Waals surface area contributed by atoms with Crippen LogP contribution < -0.4 is 10.1 Å². The van der Waals surface area contributed by atoms with Crippen LogP contribution in [0.2, 0.25) is 0 Å². The van der Waals surface area contributed by atoms with E-state index in [1.165, 1.54) is 16.7 Å². The molecule has 3 nitrogen and oxygen atoms in total. The molecule has 0 unspecified atom stereocenters. The summed E-state index contributed by atoms with van der Waals surface area (Å²) < 4.78 is 5.42. The van der Waals surface area contributed by atoms with E-state index < -0.39 is 0 Å². The molecular formula is C15H23NO2. The van der Waals surface area contributed by atoms with Crippen molar-refractivity contribution in [3.8, 4) is 5.75 Å². The smallest absolute Gasteiger partial charge is 0.123 e. The molecule has 0 heterocycles. The summed E-state index contributed by atoms with van der Waals surface area (Å²) >= 11 is 0. The summed E-state index contributed by atoms with van der Waals surface area (Å²) in [6.07, 6.45) is 2.28. The Balaban J connectivity index is 1.98. The van der Waals surface area contributed by atoms with Gasteiger partial charge in [-0.2, -0.15) is 0 Å². The molecule has 2 rings (SSSR count). The summed E-state index contributed by atoms with van der Waals surface area (Å²) in [6, 6.07) is 4.27. The van der Waals surface area contributed by atoms with Crippen molar-refractivity contribution in [3.05, 3.63) is 28.8 Å². The van der Waals surface area contributed by atoms with Gasteiger partial charge in [0, 0.05) is 30.7 Å². The third kappa shape index (κ3) is 2.85. The lowest BCUT2D eigenvalue weighted by Gasteiger charge is -2.15. The van der Waals surface area contributed by atoms with Gasteiger partial charge in [-0.05, 0) is 43.9 Å². The maximum Gasteiger partial charge on any atom is 0.123 e. The van der Waals surface area contributed by atoms with Crippen LogP contribution in [-0.4, -0.2) is 25.4 Å². The highest BCUT2D eigenvalue weighted by molar-refractivity contribution is 5.41. The fourth-order valence-corrected chi connectivity index (χ4v) is 2.21. The predicted molar refractivity (Wildman–Crippen MR) is 72.9 cm³/mol. The summed E-state index contributed by atoms with van der Waals surface area (Å²) in [5.74, 6) is 0.944. The Hall–Kier alpha value is -1.06. The standard InChI is InChI=1S/C15H23NO2/c1-11-6-13(14(18-3)7-12(11)2)8-16-9-15(10-17)4-5-15/h6-7,16-17H,4-5,8-10H2,1-3H3. The zero-order valence-electron chi connectivity index (χ0n) is 11.5. The maximum atomic E-state index is 9.27. The SMILES string of the molecule is COc1cc(C)c(C)cc1CNCC1(CO)CC1. The molecule has 0 bridgehead atoms. The monoisotopic (exact) mass is 249 g/mol. The van der Waals surface area contributed by atoms with Crippen LogP contribution in [0.15, 0.2) is 12.1 Å². The summed E-state index contributed by atoms with van der Waals surface area (Å²) in [4.78, 5) is 0. The van der Waals surface area contributed by atoms with Crippen LogP contribution in [0, 0.1) is 19.3 Å². The lowest BCUT2D eigenvalue weighted by molar-refractivity contribution is 0.207. The fraction of sp³-hybridized carbons (Fsp3) is 0.600. The van der Waals surface area contributed by atoms with Crippen LogP contribution in [0.1, 0.15) is 29.5 Å². The first kappa shape index (κ1) is 13.4. The normalized spacial score (nSPS) is 16.7. The zero-order valence-corrected chi connectivity index (χ0v) is 11.5. The molecule has 2 N–H and O–H groups in total. The molecule has 1 aliphatic carbocycles. The Bertz CT molecular complexity index is 425.